The van der Waals surface area contributed by atoms with Gasteiger partial charge >= 0.3 is 0 Å². The van der Waals surface area contributed by atoms with Crippen LogP contribution in [0.3, 0.4) is 0 Å². The topological polar surface area (TPSA) is 40.5 Å². The van der Waals surface area contributed by atoms with Crippen LogP contribution in [0.15, 0.2) is 34.5 Å². The summed E-state index contributed by atoms with van der Waals surface area (Å²) >= 11 is 2.07. The highest BCUT2D eigenvalue weighted by Gasteiger charge is 1.92. The van der Waals surface area contributed by atoms with E-state index in [0.717, 1.165) is 6.42 Å². The van der Waals surface area contributed by atoms with E-state index in [1.165, 1.54) is 0 Å². The molecule has 0 saturated carbocycles. The molecule has 0 aliphatic carbocycles. The Bertz CT molecular complexity index is 209. The Labute approximate surface area is 99.2 Å². The van der Waals surface area contributed by atoms with Crippen LogP contribution in [-0.2, 0) is 0 Å². The molecule has 2 atom stereocenters. The largest absolute Gasteiger partial charge is 0.389 e. The summed E-state index contributed by atoms with van der Waals surface area (Å²) in [5.41, 5.74) is 0. The Hall–Kier alpha value is -0.130. The van der Waals surface area contributed by atoms with E-state index in [9.17, 15) is 5.11 Å². The lowest BCUT2D eigenvalue weighted by atomic mass is 10.2. The molecule has 2 N–H and O–H groups in total. The molecule has 0 aliphatic rings. The first-order chi connectivity index (χ1) is 6.70. The highest BCUT2D eigenvalue weighted by Crippen LogP contribution is 1.98. The van der Waals surface area contributed by atoms with Crippen molar-refractivity contribution in [2.75, 3.05) is 0 Å². The van der Waals surface area contributed by atoms with Crippen molar-refractivity contribution in [3.63, 3.8) is 0 Å². The molecule has 14 heavy (non-hydrogen) atoms. The van der Waals surface area contributed by atoms with Gasteiger partial charge in [-0.2, -0.15) is 0 Å². The molecule has 0 aromatic heterocycles. The van der Waals surface area contributed by atoms with E-state index >= 15 is 0 Å². The highest BCUT2D eigenvalue weighted by molar-refractivity contribution is 14.1. The average Bonchev–Trinajstić information content (AvgIpc) is 2.17. The van der Waals surface area contributed by atoms with Crippen molar-refractivity contribution in [3.8, 4) is 0 Å². The van der Waals surface area contributed by atoms with E-state index in [0.29, 0.717) is 6.42 Å². The molecule has 2 nitrogen and oxygen atoms in total. The highest BCUT2D eigenvalue weighted by atomic mass is 127. The van der Waals surface area contributed by atoms with Gasteiger partial charge in [-0.3, -0.25) is 0 Å². The van der Waals surface area contributed by atoms with Crippen LogP contribution in [0.4, 0.5) is 0 Å². The molecule has 0 heterocycles. The first-order valence-electron chi connectivity index (χ1n) is 4.67. The van der Waals surface area contributed by atoms with E-state index < -0.39 is 6.10 Å². The Balaban J connectivity index is 3.68. The summed E-state index contributed by atoms with van der Waals surface area (Å²) in [6.45, 7) is 1.92. The van der Waals surface area contributed by atoms with Crippen LogP contribution in [0.2, 0.25) is 0 Å². The minimum absolute atomic E-state index is 0.362. The van der Waals surface area contributed by atoms with Gasteiger partial charge in [-0.1, -0.05) is 53.8 Å². The molecule has 0 aromatic carbocycles. The maximum absolute atomic E-state index is 9.29. The van der Waals surface area contributed by atoms with Crippen molar-refractivity contribution < 1.29 is 10.2 Å². The third kappa shape index (κ3) is 8.47. The van der Waals surface area contributed by atoms with Gasteiger partial charge in [0.2, 0.25) is 0 Å². The molecule has 0 aromatic rings. The van der Waals surface area contributed by atoms with Gasteiger partial charge in [-0.15, -0.1) is 0 Å². The molecule has 0 rings (SSSR count). The molecule has 0 bridgehead atoms. The average molecular weight is 308 g/mol. The fraction of sp³-hybridized carbons (Fsp3) is 0.455. The molecule has 0 radical (unpaired) electrons. The second-order valence-electron chi connectivity index (χ2n) is 2.91. The smallest absolute Gasteiger partial charge is 0.0762 e. The summed E-state index contributed by atoms with van der Waals surface area (Å²) in [6, 6.07) is 0. The molecule has 0 aliphatic heterocycles. The minimum Gasteiger partial charge on any atom is -0.389 e. The van der Waals surface area contributed by atoms with Crippen molar-refractivity contribution in [1.82, 2.24) is 0 Å². The van der Waals surface area contributed by atoms with Crippen LogP contribution in [-0.4, -0.2) is 22.4 Å². The monoisotopic (exact) mass is 308 g/mol. The van der Waals surface area contributed by atoms with Crippen LogP contribution in [0.1, 0.15) is 19.8 Å². The van der Waals surface area contributed by atoms with Crippen molar-refractivity contribution >= 4 is 22.6 Å². The third-order valence-corrected chi connectivity index (χ3v) is 2.09. The van der Waals surface area contributed by atoms with Crippen LogP contribution in [0.5, 0.6) is 0 Å². The Morgan fingerprint density at radius 1 is 1.14 bits per heavy atom. The summed E-state index contributed by atoms with van der Waals surface area (Å²) in [7, 11) is 0. The van der Waals surface area contributed by atoms with Crippen molar-refractivity contribution in [2.45, 2.75) is 32.0 Å². The standard InChI is InChI=1S/C11H17IO2/c1-2-10(13)6-4-3-5-7-11(14)8-9-12/h3-6,8-11,13-14H,2,7H2,1H3/b5-3-,6-4+,9-8+. The maximum atomic E-state index is 9.29. The molecule has 0 saturated heterocycles. The zero-order chi connectivity index (χ0) is 10.8. The lowest BCUT2D eigenvalue weighted by molar-refractivity contribution is 0.219. The zero-order valence-corrected chi connectivity index (χ0v) is 10.5. The van der Waals surface area contributed by atoms with E-state index in [1.54, 1.807) is 22.3 Å². The molecular formula is C11H17IO2. The summed E-state index contributed by atoms with van der Waals surface area (Å²) in [5.74, 6) is 0. The molecule has 0 spiro atoms. The number of aliphatic hydroxyl groups is 2. The van der Waals surface area contributed by atoms with Crippen LogP contribution >= 0.6 is 22.6 Å². The maximum Gasteiger partial charge on any atom is 0.0762 e. The quantitative estimate of drug-likeness (QED) is 0.585. The van der Waals surface area contributed by atoms with Gasteiger partial charge in [-0.05, 0) is 23.0 Å². The number of hydrogen-bond donors (Lipinski definition) is 2. The van der Waals surface area contributed by atoms with Gasteiger partial charge in [0, 0.05) is 0 Å². The first kappa shape index (κ1) is 13.9. The Morgan fingerprint density at radius 3 is 2.43 bits per heavy atom. The van der Waals surface area contributed by atoms with Gasteiger partial charge in [-0.25, -0.2) is 0 Å². The van der Waals surface area contributed by atoms with Crippen LogP contribution in [0.25, 0.3) is 0 Å². The fourth-order valence-electron chi connectivity index (χ4n) is 0.788. The number of aliphatic hydroxyl groups excluding tert-OH is 2. The van der Waals surface area contributed by atoms with Gasteiger partial charge < -0.3 is 10.2 Å². The third-order valence-electron chi connectivity index (χ3n) is 1.67. The lowest BCUT2D eigenvalue weighted by Gasteiger charge is -1.98. The van der Waals surface area contributed by atoms with Crippen LogP contribution < -0.4 is 0 Å². The van der Waals surface area contributed by atoms with E-state index in [1.807, 2.05) is 19.1 Å². The van der Waals surface area contributed by atoms with Gasteiger partial charge in [0.1, 0.15) is 0 Å². The first-order valence-corrected chi connectivity index (χ1v) is 5.91. The predicted octanol–water partition coefficient (Wildman–Crippen LogP) is 2.57. The molecule has 0 fully saturated rings. The second-order valence-corrected chi connectivity index (χ2v) is 3.63. The minimum atomic E-state index is -0.410. The molecule has 3 heteroatoms. The predicted molar refractivity (Wildman–Crippen MR) is 68.4 cm³/mol. The summed E-state index contributed by atoms with van der Waals surface area (Å²) in [6.07, 6.45) is 9.53. The Kier molecular flexibility index (Phi) is 9.34. The Morgan fingerprint density at radius 2 is 1.86 bits per heavy atom. The zero-order valence-electron chi connectivity index (χ0n) is 8.31. The van der Waals surface area contributed by atoms with Crippen molar-refractivity contribution in [3.05, 3.63) is 34.5 Å². The number of allylic oxidation sites excluding steroid dienone is 2. The van der Waals surface area contributed by atoms with Crippen LogP contribution in [0, 0.1) is 0 Å². The molecular weight excluding hydrogens is 291 g/mol. The molecule has 80 valence electrons. The van der Waals surface area contributed by atoms with E-state index in [2.05, 4.69) is 22.6 Å². The number of rotatable bonds is 6. The summed E-state index contributed by atoms with van der Waals surface area (Å²) in [4.78, 5) is 0. The normalized spacial score (nSPS) is 17.1. The summed E-state index contributed by atoms with van der Waals surface area (Å²) in [5, 5.41) is 18.5. The fourth-order valence-corrected chi connectivity index (χ4v) is 1.27. The number of hydrogen-bond acceptors (Lipinski definition) is 2. The van der Waals surface area contributed by atoms with Gasteiger partial charge in [0.15, 0.2) is 0 Å². The summed E-state index contributed by atoms with van der Waals surface area (Å²) < 4.78 is 1.80. The lowest BCUT2D eigenvalue weighted by Crippen LogP contribution is -1.98. The van der Waals surface area contributed by atoms with Gasteiger partial charge in [0.05, 0.1) is 12.2 Å². The molecule has 0 amide bonds. The SMILES string of the molecule is CCC(O)/C=C/C=C\CC(O)/C=C/I. The number of halogens is 1. The molecule has 2 unspecified atom stereocenters. The van der Waals surface area contributed by atoms with Crippen molar-refractivity contribution in [2.24, 2.45) is 0 Å². The van der Waals surface area contributed by atoms with Crippen molar-refractivity contribution in [1.29, 1.82) is 0 Å². The van der Waals surface area contributed by atoms with Gasteiger partial charge in [0.25, 0.3) is 0 Å². The second kappa shape index (κ2) is 9.43. The van der Waals surface area contributed by atoms with E-state index in [4.69, 9.17) is 5.11 Å². The van der Waals surface area contributed by atoms with E-state index in [-0.39, 0.29) is 6.10 Å².